The van der Waals surface area contributed by atoms with E-state index in [4.69, 9.17) is 4.99 Å². The van der Waals surface area contributed by atoms with Crippen LogP contribution >= 0.6 is 0 Å². The molecular formula is C46H47N3. The molecule has 0 N–H and O–H groups in total. The summed E-state index contributed by atoms with van der Waals surface area (Å²) in [6, 6.07) is 40.3. The highest BCUT2D eigenvalue weighted by Crippen LogP contribution is 2.63. The van der Waals surface area contributed by atoms with Crippen LogP contribution in [0.15, 0.2) is 108 Å². The highest BCUT2D eigenvalue weighted by molar-refractivity contribution is 5.99. The van der Waals surface area contributed by atoms with Crippen molar-refractivity contribution in [3.05, 3.63) is 137 Å². The molecule has 3 nitrogen and oxygen atoms in total. The Bertz CT molecular complexity index is 2110. The van der Waals surface area contributed by atoms with Crippen LogP contribution in [0.1, 0.15) is 87.8 Å². The minimum Gasteiger partial charge on any atom is -0.342 e. The Morgan fingerprint density at radius 3 is 1.82 bits per heavy atom. The summed E-state index contributed by atoms with van der Waals surface area (Å²) in [4.78, 5) is 9.91. The van der Waals surface area contributed by atoms with Gasteiger partial charge in [-0.15, -0.1) is 0 Å². The first-order valence-corrected chi connectivity index (χ1v) is 18.3. The minimum atomic E-state index is -0.392. The number of hydrogen-bond acceptors (Lipinski definition) is 3. The van der Waals surface area contributed by atoms with Gasteiger partial charge in [-0.3, -0.25) is 4.99 Å². The van der Waals surface area contributed by atoms with Gasteiger partial charge in [-0.1, -0.05) is 126 Å². The SMILES string of the molecule is CC(C)(C)c1ccc2c(c1)C1(c3ccccc3-c3ccc(-c4cccc(N5CCCN6CCCN=C65)c4)cc31)c1cc(C(C)(C)C)ccc1-2. The van der Waals surface area contributed by atoms with Gasteiger partial charge in [-0.25, -0.2) is 0 Å². The molecule has 0 bridgehead atoms. The van der Waals surface area contributed by atoms with Gasteiger partial charge in [0, 0.05) is 31.9 Å². The number of rotatable bonds is 2. The van der Waals surface area contributed by atoms with Gasteiger partial charge in [0.1, 0.15) is 0 Å². The third-order valence-electron chi connectivity index (χ3n) is 11.6. The van der Waals surface area contributed by atoms with Crippen molar-refractivity contribution >= 4 is 11.6 Å². The first-order valence-electron chi connectivity index (χ1n) is 18.3. The van der Waals surface area contributed by atoms with E-state index < -0.39 is 5.41 Å². The summed E-state index contributed by atoms with van der Waals surface area (Å²) in [5, 5.41) is 0. The highest BCUT2D eigenvalue weighted by Gasteiger charge is 2.52. The second-order valence-corrected chi connectivity index (χ2v) is 16.7. The van der Waals surface area contributed by atoms with Crippen LogP contribution in [-0.2, 0) is 16.2 Å². The van der Waals surface area contributed by atoms with Crippen molar-refractivity contribution in [3.8, 4) is 33.4 Å². The number of benzene rings is 5. The summed E-state index contributed by atoms with van der Waals surface area (Å²) >= 11 is 0. The minimum absolute atomic E-state index is 0.0392. The Balaban J connectivity index is 1.28. The van der Waals surface area contributed by atoms with Gasteiger partial charge in [0.25, 0.3) is 0 Å². The van der Waals surface area contributed by atoms with Crippen LogP contribution in [0.25, 0.3) is 33.4 Å². The van der Waals surface area contributed by atoms with Crippen molar-refractivity contribution in [2.24, 2.45) is 4.99 Å². The average Bonchev–Trinajstić information content (AvgIpc) is 3.57. The molecule has 0 unspecified atom stereocenters. The number of fused-ring (bicyclic) bond motifs is 11. The van der Waals surface area contributed by atoms with Gasteiger partial charge >= 0.3 is 0 Å². The lowest BCUT2D eigenvalue weighted by Gasteiger charge is -2.41. The topological polar surface area (TPSA) is 18.8 Å². The highest BCUT2D eigenvalue weighted by atomic mass is 15.4. The van der Waals surface area contributed by atoms with E-state index in [1.807, 2.05) is 0 Å². The number of nitrogens with zero attached hydrogens (tertiary/aromatic N) is 3. The van der Waals surface area contributed by atoms with Crippen molar-refractivity contribution in [2.75, 3.05) is 31.1 Å². The molecule has 9 rings (SSSR count). The van der Waals surface area contributed by atoms with E-state index in [9.17, 15) is 0 Å². The third kappa shape index (κ3) is 4.50. The molecule has 0 atom stereocenters. The molecule has 0 aromatic heterocycles. The molecule has 4 aliphatic rings. The second kappa shape index (κ2) is 10.7. The Labute approximate surface area is 292 Å². The van der Waals surface area contributed by atoms with E-state index in [1.54, 1.807) is 0 Å². The lowest BCUT2D eigenvalue weighted by atomic mass is 9.68. The molecule has 2 aliphatic carbocycles. The van der Waals surface area contributed by atoms with Crippen molar-refractivity contribution < 1.29 is 0 Å². The van der Waals surface area contributed by atoms with Gasteiger partial charge in [0.2, 0.25) is 5.96 Å². The predicted molar refractivity (Wildman–Crippen MR) is 206 cm³/mol. The van der Waals surface area contributed by atoms with Crippen LogP contribution in [-0.4, -0.2) is 37.0 Å². The number of hydrogen-bond donors (Lipinski definition) is 0. The van der Waals surface area contributed by atoms with E-state index >= 15 is 0 Å². The smallest absolute Gasteiger partial charge is 0.201 e. The van der Waals surface area contributed by atoms with Crippen molar-refractivity contribution in [1.82, 2.24) is 4.90 Å². The fraction of sp³-hybridized carbons (Fsp3) is 0.326. The standard InChI is InChI=1S/C46H47N3/c1-44(2,3)32-17-20-37-38-21-18-33(45(4,5)6)29-42(38)46(41(37)28-32)39-15-8-7-14-35(39)36-19-16-31(27-40(36)46)30-12-9-13-34(26-30)49-25-11-24-48-23-10-22-47-43(48)49/h7-9,12-21,26-29H,10-11,22-25H2,1-6H3. The summed E-state index contributed by atoms with van der Waals surface area (Å²) in [7, 11) is 0. The van der Waals surface area contributed by atoms with E-state index in [2.05, 4.69) is 154 Å². The van der Waals surface area contributed by atoms with Crippen LogP contribution in [0, 0.1) is 0 Å². The Kier molecular flexibility index (Phi) is 6.63. The normalized spacial score (nSPS) is 17.3. The van der Waals surface area contributed by atoms with Crippen LogP contribution in [0.2, 0.25) is 0 Å². The average molecular weight is 642 g/mol. The molecule has 0 radical (unpaired) electrons. The third-order valence-corrected chi connectivity index (χ3v) is 11.6. The van der Waals surface area contributed by atoms with Gasteiger partial charge in [0.05, 0.1) is 5.41 Å². The molecule has 1 saturated heterocycles. The lowest BCUT2D eigenvalue weighted by molar-refractivity contribution is 0.360. The van der Waals surface area contributed by atoms with Gasteiger partial charge in [-0.05, 0) is 109 Å². The molecule has 49 heavy (non-hydrogen) atoms. The zero-order chi connectivity index (χ0) is 33.7. The fourth-order valence-corrected chi connectivity index (χ4v) is 9.02. The molecule has 5 aromatic rings. The Hall–Kier alpha value is -4.63. The van der Waals surface area contributed by atoms with E-state index in [0.29, 0.717) is 0 Å². The number of aliphatic imine (C=N–C) groups is 1. The first kappa shape index (κ1) is 30.4. The van der Waals surface area contributed by atoms with Crippen molar-refractivity contribution in [2.45, 2.75) is 70.6 Å². The molecule has 246 valence electrons. The zero-order valence-electron chi connectivity index (χ0n) is 29.9. The Morgan fingerprint density at radius 2 is 1.12 bits per heavy atom. The van der Waals surface area contributed by atoms with Crippen molar-refractivity contribution in [1.29, 1.82) is 0 Å². The van der Waals surface area contributed by atoms with E-state index in [-0.39, 0.29) is 10.8 Å². The molecular weight excluding hydrogens is 595 g/mol. The van der Waals surface area contributed by atoms with Crippen LogP contribution < -0.4 is 4.90 Å². The van der Waals surface area contributed by atoms with E-state index in [0.717, 1.165) is 45.0 Å². The molecule has 0 amide bonds. The van der Waals surface area contributed by atoms with Gasteiger partial charge in [0.15, 0.2) is 0 Å². The maximum absolute atomic E-state index is 4.99. The van der Waals surface area contributed by atoms with Crippen LogP contribution in [0.3, 0.4) is 0 Å². The fourth-order valence-electron chi connectivity index (χ4n) is 9.02. The van der Waals surface area contributed by atoms with Gasteiger partial charge < -0.3 is 9.80 Å². The largest absolute Gasteiger partial charge is 0.342 e. The summed E-state index contributed by atoms with van der Waals surface area (Å²) in [6.45, 7) is 18.2. The molecule has 2 heterocycles. The number of guanidine groups is 1. The molecule has 3 heteroatoms. The first-order chi connectivity index (χ1) is 23.5. The van der Waals surface area contributed by atoms with Crippen molar-refractivity contribution in [3.63, 3.8) is 0 Å². The molecule has 1 fully saturated rings. The maximum atomic E-state index is 4.99. The maximum Gasteiger partial charge on any atom is 0.201 e. The predicted octanol–water partition coefficient (Wildman–Crippen LogP) is 10.6. The Morgan fingerprint density at radius 1 is 0.531 bits per heavy atom. The molecule has 0 saturated carbocycles. The monoisotopic (exact) mass is 641 g/mol. The van der Waals surface area contributed by atoms with Gasteiger partial charge in [-0.2, -0.15) is 0 Å². The lowest BCUT2D eigenvalue weighted by Crippen LogP contribution is -2.52. The summed E-state index contributed by atoms with van der Waals surface area (Å²) in [6.07, 6.45) is 2.31. The summed E-state index contributed by atoms with van der Waals surface area (Å²) in [5.41, 5.74) is 17.3. The van der Waals surface area contributed by atoms with Crippen LogP contribution in [0.5, 0.6) is 0 Å². The zero-order valence-corrected chi connectivity index (χ0v) is 29.9. The summed E-state index contributed by atoms with van der Waals surface area (Å²) in [5.74, 6) is 1.15. The second-order valence-electron chi connectivity index (χ2n) is 16.7. The molecule has 5 aromatic carbocycles. The number of anilines is 1. The summed E-state index contributed by atoms with van der Waals surface area (Å²) < 4.78 is 0. The molecule has 2 aliphatic heterocycles. The van der Waals surface area contributed by atoms with E-state index in [1.165, 1.54) is 72.4 Å². The molecule has 1 spiro atoms. The van der Waals surface area contributed by atoms with Crippen LogP contribution in [0.4, 0.5) is 5.69 Å². The quantitative estimate of drug-likeness (QED) is 0.187.